The molecule has 0 saturated heterocycles. The Labute approximate surface area is 119 Å². The van der Waals surface area contributed by atoms with Gasteiger partial charge in [0.1, 0.15) is 11.5 Å². The van der Waals surface area contributed by atoms with Crippen molar-refractivity contribution in [3.8, 4) is 0 Å². The van der Waals surface area contributed by atoms with E-state index in [2.05, 4.69) is 5.10 Å². The van der Waals surface area contributed by atoms with Crippen LogP contribution >= 0.6 is 23.4 Å². The number of aryl methyl sites for hydroxylation is 1. The minimum absolute atomic E-state index is 0.0846. The number of aromatic nitrogens is 2. The van der Waals surface area contributed by atoms with Gasteiger partial charge in [-0.15, -0.1) is 11.8 Å². The molecule has 1 aromatic heterocycles. The molecule has 3 nitrogen and oxygen atoms in total. The fourth-order valence-corrected chi connectivity index (χ4v) is 2.64. The van der Waals surface area contributed by atoms with Gasteiger partial charge in [-0.3, -0.25) is 9.48 Å². The Morgan fingerprint density at radius 3 is 2.74 bits per heavy atom. The lowest BCUT2D eigenvalue weighted by molar-refractivity contribution is 0.101. The minimum Gasteiger partial charge on any atom is -0.291 e. The zero-order valence-electron chi connectivity index (χ0n) is 10.3. The van der Waals surface area contributed by atoms with E-state index in [0.29, 0.717) is 17.3 Å². The summed E-state index contributed by atoms with van der Waals surface area (Å²) in [6.45, 7) is 2.49. The first-order valence-electron chi connectivity index (χ1n) is 5.74. The zero-order valence-corrected chi connectivity index (χ0v) is 11.8. The van der Waals surface area contributed by atoms with Crippen LogP contribution in [-0.4, -0.2) is 21.3 Å². The van der Waals surface area contributed by atoms with Crippen molar-refractivity contribution >= 4 is 29.1 Å². The maximum Gasteiger partial charge on any atom is 0.192 e. The van der Waals surface area contributed by atoms with Crippen molar-refractivity contribution in [1.29, 1.82) is 0 Å². The van der Waals surface area contributed by atoms with Gasteiger partial charge in [0.2, 0.25) is 0 Å². The van der Waals surface area contributed by atoms with Gasteiger partial charge in [-0.25, -0.2) is 4.39 Å². The summed E-state index contributed by atoms with van der Waals surface area (Å²) in [6.07, 6.45) is 1.47. The lowest BCUT2D eigenvalue weighted by Crippen LogP contribution is -2.11. The van der Waals surface area contributed by atoms with Crippen molar-refractivity contribution in [3.63, 3.8) is 0 Å². The highest BCUT2D eigenvalue weighted by Gasteiger charge is 2.16. The van der Waals surface area contributed by atoms with E-state index in [9.17, 15) is 9.18 Å². The van der Waals surface area contributed by atoms with Gasteiger partial charge >= 0.3 is 0 Å². The maximum absolute atomic E-state index is 12.8. The number of ketones is 1. The number of halogens is 2. The highest BCUT2D eigenvalue weighted by molar-refractivity contribution is 8.00. The predicted octanol–water partition coefficient (Wildman–Crippen LogP) is 3.67. The number of hydrogen-bond donors (Lipinski definition) is 0. The molecule has 0 radical (unpaired) electrons. The topological polar surface area (TPSA) is 34.9 Å². The highest BCUT2D eigenvalue weighted by Crippen LogP contribution is 2.22. The SMILES string of the molecule is CCn1ncc(Cl)c1C(=O)CSc1ccc(F)cc1. The summed E-state index contributed by atoms with van der Waals surface area (Å²) in [7, 11) is 0. The van der Waals surface area contributed by atoms with Crippen molar-refractivity contribution in [2.24, 2.45) is 0 Å². The van der Waals surface area contributed by atoms with Crippen LogP contribution in [0.4, 0.5) is 4.39 Å². The number of Topliss-reactive ketones (excluding diaryl/α,β-unsaturated/α-hetero) is 1. The van der Waals surface area contributed by atoms with E-state index in [-0.39, 0.29) is 17.4 Å². The van der Waals surface area contributed by atoms with E-state index >= 15 is 0 Å². The molecule has 0 N–H and O–H groups in total. The number of thioether (sulfide) groups is 1. The molecule has 2 rings (SSSR count). The third kappa shape index (κ3) is 3.36. The third-order valence-electron chi connectivity index (χ3n) is 2.54. The number of hydrogen-bond acceptors (Lipinski definition) is 3. The first kappa shape index (κ1) is 14.1. The van der Waals surface area contributed by atoms with Gasteiger partial charge in [0.25, 0.3) is 0 Å². The standard InChI is InChI=1S/C13H12ClFN2OS/c1-2-17-13(11(14)7-16-17)12(18)8-19-10-5-3-9(15)4-6-10/h3-7H,2,8H2,1H3. The first-order chi connectivity index (χ1) is 9.11. The van der Waals surface area contributed by atoms with Crippen molar-refractivity contribution in [1.82, 2.24) is 9.78 Å². The smallest absolute Gasteiger partial charge is 0.192 e. The van der Waals surface area contributed by atoms with E-state index in [1.165, 1.54) is 30.1 Å². The second-order valence-electron chi connectivity index (χ2n) is 3.82. The highest BCUT2D eigenvalue weighted by atomic mass is 35.5. The summed E-state index contributed by atoms with van der Waals surface area (Å²) in [6, 6.07) is 6.03. The van der Waals surface area contributed by atoms with Crippen molar-refractivity contribution in [2.75, 3.05) is 5.75 Å². The van der Waals surface area contributed by atoms with Gasteiger partial charge in [-0.1, -0.05) is 11.6 Å². The molecule has 2 aromatic rings. The van der Waals surface area contributed by atoms with Crippen LogP contribution in [0.1, 0.15) is 17.4 Å². The molecule has 0 aliphatic heterocycles. The van der Waals surface area contributed by atoms with Gasteiger partial charge in [0.15, 0.2) is 5.78 Å². The second kappa shape index (κ2) is 6.21. The summed E-state index contributed by atoms with van der Waals surface area (Å²) in [5.41, 5.74) is 0.429. The molecule has 0 atom stereocenters. The summed E-state index contributed by atoms with van der Waals surface area (Å²) in [5.74, 6) is -0.127. The molecule has 19 heavy (non-hydrogen) atoms. The lowest BCUT2D eigenvalue weighted by atomic mass is 10.3. The Morgan fingerprint density at radius 2 is 2.11 bits per heavy atom. The summed E-state index contributed by atoms with van der Waals surface area (Å²) in [4.78, 5) is 12.9. The van der Waals surface area contributed by atoms with Crippen LogP contribution in [-0.2, 0) is 6.54 Å². The van der Waals surface area contributed by atoms with Crippen LogP contribution in [0, 0.1) is 5.82 Å². The number of carbonyl (C=O) groups excluding carboxylic acids is 1. The summed E-state index contributed by atoms with van der Waals surface area (Å²) in [5, 5.41) is 4.39. The molecule has 0 spiro atoms. The lowest BCUT2D eigenvalue weighted by Gasteiger charge is -2.04. The van der Waals surface area contributed by atoms with Crippen molar-refractivity contribution < 1.29 is 9.18 Å². The monoisotopic (exact) mass is 298 g/mol. The summed E-state index contributed by atoms with van der Waals surface area (Å²) < 4.78 is 14.3. The minimum atomic E-state index is -0.289. The van der Waals surface area contributed by atoms with Crippen LogP contribution in [0.2, 0.25) is 5.02 Å². The van der Waals surface area contributed by atoms with Gasteiger partial charge in [0.05, 0.1) is 17.0 Å². The fraction of sp³-hybridized carbons (Fsp3) is 0.231. The van der Waals surface area contributed by atoms with Gasteiger partial charge < -0.3 is 0 Å². The Balaban J connectivity index is 2.05. The average molecular weight is 299 g/mol. The molecule has 0 bridgehead atoms. The molecule has 0 aliphatic carbocycles. The fourth-order valence-electron chi connectivity index (χ4n) is 1.63. The molecule has 0 unspecified atom stereocenters. The molecule has 0 aliphatic rings. The molecule has 6 heteroatoms. The van der Waals surface area contributed by atoms with Gasteiger partial charge in [0, 0.05) is 11.4 Å². The number of nitrogens with zero attached hydrogens (tertiary/aromatic N) is 2. The third-order valence-corrected chi connectivity index (χ3v) is 3.83. The van der Waals surface area contributed by atoms with E-state index in [1.807, 2.05) is 6.92 Å². The molecule has 0 saturated carbocycles. The number of benzene rings is 1. The van der Waals surface area contributed by atoms with Gasteiger partial charge in [-0.05, 0) is 31.2 Å². The Hall–Kier alpha value is -1.33. The molecular formula is C13H12ClFN2OS. The Kier molecular flexibility index (Phi) is 4.61. The predicted molar refractivity (Wildman–Crippen MR) is 74.4 cm³/mol. The quantitative estimate of drug-likeness (QED) is 0.624. The van der Waals surface area contributed by atoms with Crippen molar-refractivity contribution in [2.45, 2.75) is 18.4 Å². The number of carbonyl (C=O) groups is 1. The van der Waals surface area contributed by atoms with Gasteiger partial charge in [-0.2, -0.15) is 5.10 Å². The molecular weight excluding hydrogens is 287 g/mol. The number of rotatable bonds is 5. The molecule has 0 fully saturated rings. The Bertz CT molecular complexity index is 583. The van der Waals surface area contributed by atoms with E-state index in [0.717, 1.165) is 4.90 Å². The van der Waals surface area contributed by atoms with Crippen LogP contribution in [0.3, 0.4) is 0 Å². The average Bonchev–Trinajstić information content (AvgIpc) is 2.79. The molecule has 1 aromatic carbocycles. The first-order valence-corrected chi connectivity index (χ1v) is 7.11. The second-order valence-corrected chi connectivity index (χ2v) is 5.28. The maximum atomic E-state index is 12.8. The normalized spacial score (nSPS) is 10.7. The largest absolute Gasteiger partial charge is 0.291 e. The summed E-state index contributed by atoms with van der Waals surface area (Å²) >= 11 is 7.31. The molecule has 1 heterocycles. The van der Waals surface area contributed by atoms with Crippen LogP contribution < -0.4 is 0 Å². The molecule has 0 amide bonds. The van der Waals surface area contributed by atoms with Crippen LogP contribution in [0.25, 0.3) is 0 Å². The van der Waals surface area contributed by atoms with E-state index in [1.54, 1.807) is 16.8 Å². The van der Waals surface area contributed by atoms with E-state index < -0.39 is 0 Å². The van der Waals surface area contributed by atoms with Crippen LogP contribution in [0.5, 0.6) is 0 Å². The van der Waals surface area contributed by atoms with E-state index in [4.69, 9.17) is 11.6 Å². The van der Waals surface area contributed by atoms with Crippen LogP contribution in [0.15, 0.2) is 35.4 Å². The zero-order chi connectivity index (χ0) is 13.8. The molecule has 100 valence electrons. The van der Waals surface area contributed by atoms with Crippen molar-refractivity contribution in [3.05, 3.63) is 47.0 Å². The Morgan fingerprint density at radius 1 is 1.42 bits per heavy atom.